The van der Waals surface area contributed by atoms with E-state index in [1.165, 1.54) is 0 Å². The van der Waals surface area contributed by atoms with Gasteiger partial charge in [-0.1, -0.05) is 41.9 Å². The predicted octanol–water partition coefficient (Wildman–Crippen LogP) is 4.05. The van der Waals surface area contributed by atoms with E-state index in [9.17, 15) is 9.59 Å². The van der Waals surface area contributed by atoms with E-state index >= 15 is 0 Å². The maximum atomic E-state index is 13.6. The average molecular weight is 466 g/mol. The number of fused-ring (bicyclic) bond motifs is 1. The number of nitrogens with zero attached hydrogens (tertiary/aromatic N) is 3. The number of morpholine rings is 1. The number of carbonyl (C=O) groups excluding carboxylic acids is 2. The molecule has 2 aliphatic heterocycles. The average Bonchev–Trinajstić information content (AvgIpc) is 3.23. The predicted molar refractivity (Wildman–Crippen MR) is 129 cm³/mol. The molecule has 2 aliphatic rings. The molecule has 0 unspecified atom stereocenters. The van der Waals surface area contributed by atoms with Crippen LogP contribution in [0.15, 0.2) is 54.6 Å². The SMILES string of the molecule is O=C(c1cc2ccccc2n1Cc1ccc(Cl)cc1)N1CCC(C(=O)N2CCOCC2)CC1. The van der Waals surface area contributed by atoms with E-state index < -0.39 is 0 Å². The first-order chi connectivity index (χ1) is 16.1. The van der Waals surface area contributed by atoms with Crippen molar-refractivity contribution in [2.75, 3.05) is 39.4 Å². The fourth-order valence-corrected chi connectivity index (χ4v) is 4.99. The minimum atomic E-state index is -0.00734. The number of carbonyl (C=O) groups is 2. The fourth-order valence-electron chi connectivity index (χ4n) is 4.86. The summed E-state index contributed by atoms with van der Waals surface area (Å²) in [6.45, 7) is 4.36. The highest BCUT2D eigenvalue weighted by Crippen LogP contribution is 2.26. The van der Waals surface area contributed by atoms with Crippen molar-refractivity contribution < 1.29 is 14.3 Å². The van der Waals surface area contributed by atoms with Crippen LogP contribution in [0.3, 0.4) is 0 Å². The van der Waals surface area contributed by atoms with Crippen molar-refractivity contribution in [1.82, 2.24) is 14.4 Å². The third-order valence-electron chi connectivity index (χ3n) is 6.74. The van der Waals surface area contributed by atoms with Crippen LogP contribution in [0.1, 0.15) is 28.9 Å². The number of piperidine rings is 1. The van der Waals surface area contributed by atoms with Crippen LogP contribution in [0, 0.1) is 5.92 Å². The van der Waals surface area contributed by atoms with Gasteiger partial charge in [0.15, 0.2) is 0 Å². The van der Waals surface area contributed by atoms with Crippen molar-refractivity contribution in [2.24, 2.45) is 5.92 Å². The zero-order valence-electron chi connectivity index (χ0n) is 18.6. The maximum absolute atomic E-state index is 13.6. The van der Waals surface area contributed by atoms with Gasteiger partial charge in [0.05, 0.1) is 13.2 Å². The lowest BCUT2D eigenvalue weighted by molar-refractivity contribution is -0.141. The molecule has 3 heterocycles. The number of aromatic nitrogens is 1. The van der Waals surface area contributed by atoms with Gasteiger partial charge in [-0.25, -0.2) is 0 Å². The summed E-state index contributed by atoms with van der Waals surface area (Å²) in [5.41, 5.74) is 2.81. The highest BCUT2D eigenvalue weighted by molar-refractivity contribution is 6.30. The molecule has 0 aliphatic carbocycles. The standard InChI is InChI=1S/C26H28ClN3O3/c27-22-7-5-19(6-8-22)18-30-23-4-2-1-3-21(23)17-24(30)26(32)28-11-9-20(10-12-28)25(31)29-13-15-33-16-14-29/h1-8,17,20H,9-16,18H2. The lowest BCUT2D eigenvalue weighted by atomic mass is 9.95. The number of likely N-dealkylation sites (tertiary alicyclic amines) is 1. The highest BCUT2D eigenvalue weighted by atomic mass is 35.5. The summed E-state index contributed by atoms with van der Waals surface area (Å²) in [5, 5.41) is 1.74. The lowest BCUT2D eigenvalue weighted by Crippen LogP contribution is -2.47. The van der Waals surface area contributed by atoms with Crippen LogP contribution in [0.5, 0.6) is 0 Å². The molecule has 1 aromatic heterocycles. The Morgan fingerprint density at radius 2 is 1.61 bits per heavy atom. The molecule has 0 radical (unpaired) electrons. The van der Waals surface area contributed by atoms with Gasteiger partial charge in [0.1, 0.15) is 5.69 Å². The van der Waals surface area contributed by atoms with E-state index in [1.54, 1.807) is 0 Å². The second-order valence-corrected chi connectivity index (χ2v) is 9.24. The Hall–Kier alpha value is -2.83. The molecule has 0 atom stereocenters. The largest absolute Gasteiger partial charge is 0.378 e. The monoisotopic (exact) mass is 465 g/mol. The van der Waals surface area contributed by atoms with E-state index in [4.69, 9.17) is 16.3 Å². The lowest BCUT2D eigenvalue weighted by Gasteiger charge is -2.35. The van der Waals surface area contributed by atoms with Gasteiger partial charge in [0.25, 0.3) is 5.91 Å². The molecule has 172 valence electrons. The van der Waals surface area contributed by atoms with Gasteiger partial charge in [-0.05, 0) is 42.7 Å². The molecule has 0 saturated carbocycles. The van der Waals surface area contributed by atoms with Crippen molar-refractivity contribution in [3.63, 3.8) is 0 Å². The van der Waals surface area contributed by atoms with E-state index in [0.717, 1.165) is 16.5 Å². The van der Waals surface area contributed by atoms with Gasteiger partial charge in [-0.15, -0.1) is 0 Å². The summed E-state index contributed by atoms with van der Waals surface area (Å²) in [6, 6.07) is 17.8. The van der Waals surface area contributed by atoms with Crippen LogP contribution < -0.4 is 0 Å². The molecule has 2 saturated heterocycles. The summed E-state index contributed by atoms with van der Waals surface area (Å²) in [6.07, 6.45) is 1.42. The Morgan fingerprint density at radius 1 is 0.909 bits per heavy atom. The number of rotatable bonds is 4. The first-order valence-electron chi connectivity index (χ1n) is 11.6. The zero-order chi connectivity index (χ0) is 22.8. The number of hydrogen-bond acceptors (Lipinski definition) is 3. The number of ether oxygens (including phenoxy) is 1. The normalized spacial score (nSPS) is 17.5. The highest BCUT2D eigenvalue weighted by Gasteiger charge is 2.32. The number of para-hydroxylation sites is 1. The summed E-state index contributed by atoms with van der Waals surface area (Å²) in [4.78, 5) is 30.2. The summed E-state index contributed by atoms with van der Waals surface area (Å²) < 4.78 is 7.45. The Bertz CT molecular complexity index is 1140. The smallest absolute Gasteiger partial charge is 0.270 e. The van der Waals surface area contributed by atoms with Crippen LogP contribution >= 0.6 is 11.6 Å². The number of benzene rings is 2. The van der Waals surface area contributed by atoms with Crippen LogP contribution in [0.4, 0.5) is 0 Å². The van der Waals surface area contributed by atoms with Crippen LogP contribution in [0.2, 0.25) is 5.02 Å². The van der Waals surface area contributed by atoms with Gasteiger partial charge < -0.3 is 19.1 Å². The van der Waals surface area contributed by atoms with Gasteiger partial charge in [0.2, 0.25) is 5.91 Å². The first-order valence-corrected chi connectivity index (χ1v) is 12.0. The molecular formula is C26H28ClN3O3. The molecule has 0 spiro atoms. The van der Waals surface area contributed by atoms with Gasteiger partial charge in [-0.3, -0.25) is 9.59 Å². The summed E-state index contributed by atoms with van der Waals surface area (Å²) >= 11 is 6.05. The van der Waals surface area contributed by atoms with Crippen LogP contribution in [-0.2, 0) is 16.1 Å². The van der Waals surface area contributed by atoms with E-state index in [-0.39, 0.29) is 17.7 Å². The molecule has 3 aromatic rings. The van der Waals surface area contributed by atoms with E-state index in [2.05, 4.69) is 10.6 Å². The number of hydrogen-bond donors (Lipinski definition) is 0. The van der Waals surface area contributed by atoms with E-state index in [1.807, 2.05) is 58.3 Å². The zero-order valence-corrected chi connectivity index (χ0v) is 19.3. The molecule has 0 N–H and O–H groups in total. The minimum absolute atomic E-state index is 0.00734. The first kappa shape index (κ1) is 22.0. The van der Waals surface area contributed by atoms with Crippen molar-refractivity contribution in [3.8, 4) is 0 Å². The molecule has 33 heavy (non-hydrogen) atoms. The van der Waals surface area contributed by atoms with Crippen molar-refractivity contribution in [1.29, 1.82) is 0 Å². The molecule has 5 rings (SSSR count). The number of halogens is 1. The Labute approximate surface area is 198 Å². The van der Waals surface area contributed by atoms with E-state index in [0.29, 0.717) is 69.5 Å². The fraction of sp³-hybridized carbons (Fsp3) is 0.385. The molecule has 0 bridgehead atoms. The van der Waals surface area contributed by atoms with Gasteiger partial charge >= 0.3 is 0 Å². The van der Waals surface area contributed by atoms with Crippen molar-refractivity contribution in [2.45, 2.75) is 19.4 Å². The molecular weight excluding hydrogens is 438 g/mol. The third-order valence-corrected chi connectivity index (χ3v) is 6.99. The third kappa shape index (κ3) is 4.63. The topological polar surface area (TPSA) is 54.8 Å². The molecule has 2 aromatic carbocycles. The van der Waals surface area contributed by atoms with Crippen molar-refractivity contribution in [3.05, 3.63) is 70.9 Å². The Balaban J connectivity index is 1.33. The quantitative estimate of drug-likeness (QED) is 0.584. The van der Waals surface area contributed by atoms with Crippen LogP contribution in [-0.4, -0.2) is 65.6 Å². The van der Waals surface area contributed by atoms with Gasteiger partial charge in [-0.2, -0.15) is 0 Å². The molecule has 6 nitrogen and oxygen atoms in total. The number of amides is 2. The van der Waals surface area contributed by atoms with Gasteiger partial charge in [0, 0.05) is 54.6 Å². The summed E-state index contributed by atoms with van der Waals surface area (Å²) in [5.74, 6) is 0.228. The van der Waals surface area contributed by atoms with Crippen LogP contribution in [0.25, 0.3) is 10.9 Å². The maximum Gasteiger partial charge on any atom is 0.270 e. The Kier molecular flexibility index (Phi) is 6.38. The molecule has 2 amide bonds. The summed E-state index contributed by atoms with van der Waals surface area (Å²) in [7, 11) is 0. The molecule has 7 heteroatoms. The Morgan fingerprint density at radius 3 is 2.33 bits per heavy atom. The van der Waals surface area contributed by atoms with Crippen molar-refractivity contribution >= 4 is 34.3 Å². The second-order valence-electron chi connectivity index (χ2n) is 8.81. The minimum Gasteiger partial charge on any atom is -0.378 e. The molecule has 2 fully saturated rings. The second kappa shape index (κ2) is 9.57.